The topological polar surface area (TPSA) is 29.1 Å². The van der Waals surface area contributed by atoms with Gasteiger partial charge in [-0.1, -0.05) is 22.9 Å². The van der Waals surface area contributed by atoms with Crippen molar-refractivity contribution in [1.29, 1.82) is 0 Å². The van der Waals surface area contributed by atoms with Crippen molar-refractivity contribution < 1.29 is 18.0 Å². The van der Waals surface area contributed by atoms with Crippen LogP contribution >= 0.6 is 15.9 Å². The molecule has 0 saturated heterocycles. The first-order valence-corrected chi connectivity index (χ1v) is 6.98. The predicted molar refractivity (Wildman–Crippen MR) is 70.9 cm³/mol. The van der Waals surface area contributed by atoms with Gasteiger partial charge in [0.1, 0.15) is 0 Å². The molecule has 0 aliphatic carbocycles. The average Bonchev–Trinajstić information content (AvgIpc) is 2.36. The van der Waals surface area contributed by atoms with Crippen molar-refractivity contribution in [1.82, 2.24) is 5.32 Å². The molecule has 1 amide bonds. The number of hydrogen-bond acceptors (Lipinski definition) is 1. The van der Waals surface area contributed by atoms with E-state index in [-0.39, 0.29) is 0 Å². The van der Waals surface area contributed by atoms with Crippen LogP contribution in [-0.4, -0.2) is 16.8 Å². The fraction of sp³-hybridized carbons (Fsp3) is 0.462. The molecule has 2 nitrogen and oxygen atoms in total. The third-order valence-corrected chi connectivity index (χ3v) is 3.52. The summed E-state index contributed by atoms with van der Waals surface area (Å²) < 4.78 is 39.4. The molecular formula is C13H15BrF3NO. The van der Waals surface area contributed by atoms with Gasteiger partial charge in [-0.05, 0) is 31.9 Å². The summed E-state index contributed by atoms with van der Waals surface area (Å²) >= 11 is 3.27. The van der Waals surface area contributed by atoms with Crippen molar-refractivity contribution >= 4 is 21.8 Å². The number of carbonyl (C=O) groups is 1. The van der Waals surface area contributed by atoms with Crippen molar-refractivity contribution in [3.8, 4) is 0 Å². The Labute approximate surface area is 118 Å². The molecule has 1 aromatic carbocycles. The number of nitrogens with one attached hydrogen (secondary N) is 1. The zero-order chi connectivity index (χ0) is 14.6. The van der Waals surface area contributed by atoms with Crippen LogP contribution in [0.25, 0.3) is 0 Å². The first kappa shape index (κ1) is 16.0. The summed E-state index contributed by atoms with van der Waals surface area (Å²) in [5.41, 5.74) is -1.02. The van der Waals surface area contributed by atoms with E-state index >= 15 is 0 Å². The van der Waals surface area contributed by atoms with Gasteiger partial charge < -0.3 is 5.32 Å². The molecule has 0 radical (unpaired) electrons. The number of halogens is 4. The molecule has 1 atom stereocenters. The van der Waals surface area contributed by atoms with Gasteiger partial charge in [0.2, 0.25) is 0 Å². The number of benzene rings is 1. The number of amides is 1. The summed E-state index contributed by atoms with van der Waals surface area (Å²) in [5, 5.41) is 3.31. The van der Waals surface area contributed by atoms with Crippen molar-refractivity contribution in [2.24, 2.45) is 0 Å². The van der Waals surface area contributed by atoms with Gasteiger partial charge in [0.25, 0.3) is 5.91 Å². The lowest BCUT2D eigenvalue weighted by Crippen LogP contribution is -2.46. The second-order valence-corrected chi connectivity index (χ2v) is 5.32. The van der Waals surface area contributed by atoms with Gasteiger partial charge in [0.05, 0.1) is 5.56 Å². The Kier molecular flexibility index (Phi) is 5.40. The van der Waals surface area contributed by atoms with Gasteiger partial charge in [0.15, 0.2) is 17.5 Å². The fourth-order valence-electron chi connectivity index (χ4n) is 1.58. The smallest absolute Gasteiger partial charge is 0.254 e. The van der Waals surface area contributed by atoms with Crippen LogP contribution in [-0.2, 0) is 0 Å². The van der Waals surface area contributed by atoms with Crippen LogP contribution < -0.4 is 5.32 Å². The van der Waals surface area contributed by atoms with Gasteiger partial charge in [0, 0.05) is 10.9 Å². The molecule has 0 aliphatic rings. The predicted octanol–water partition coefficient (Wildman–Crippen LogP) is 3.79. The second kappa shape index (κ2) is 6.41. The van der Waals surface area contributed by atoms with E-state index in [1.54, 1.807) is 0 Å². The summed E-state index contributed by atoms with van der Waals surface area (Å²) in [4.78, 5) is 11.9. The number of carbonyl (C=O) groups excluding carboxylic acids is 1. The molecule has 0 heterocycles. The van der Waals surface area contributed by atoms with E-state index in [1.165, 1.54) is 0 Å². The molecule has 106 valence electrons. The minimum atomic E-state index is -1.63. The largest absolute Gasteiger partial charge is 0.347 e. The monoisotopic (exact) mass is 337 g/mol. The number of rotatable bonds is 5. The normalized spacial score (nSPS) is 14.0. The molecule has 0 saturated carbocycles. The van der Waals surface area contributed by atoms with E-state index in [4.69, 9.17) is 0 Å². The minimum Gasteiger partial charge on any atom is -0.347 e. The zero-order valence-electron chi connectivity index (χ0n) is 10.7. The average molecular weight is 338 g/mol. The quantitative estimate of drug-likeness (QED) is 0.642. The van der Waals surface area contributed by atoms with Gasteiger partial charge in [-0.2, -0.15) is 0 Å². The highest BCUT2D eigenvalue weighted by atomic mass is 79.9. The van der Waals surface area contributed by atoms with Gasteiger partial charge in [-0.15, -0.1) is 0 Å². The molecule has 0 spiro atoms. The molecule has 1 aromatic rings. The lowest BCUT2D eigenvalue weighted by molar-refractivity contribution is 0.0896. The Bertz CT molecular complexity index is 481. The molecule has 0 aromatic heterocycles. The van der Waals surface area contributed by atoms with E-state index in [1.807, 2.05) is 13.8 Å². The van der Waals surface area contributed by atoms with Crippen LogP contribution in [0, 0.1) is 17.5 Å². The van der Waals surface area contributed by atoms with Crippen molar-refractivity contribution in [3.05, 3.63) is 35.1 Å². The fourth-order valence-corrected chi connectivity index (χ4v) is 2.45. The van der Waals surface area contributed by atoms with Gasteiger partial charge in [-0.25, -0.2) is 13.2 Å². The lowest BCUT2D eigenvalue weighted by Gasteiger charge is -2.29. The molecule has 0 bridgehead atoms. The Morgan fingerprint density at radius 2 is 1.95 bits per heavy atom. The molecule has 19 heavy (non-hydrogen) atoms. The summed E-state index contributed by atoms with van der Waals surface area (Å²) in [7, 11) is 0. The second-order valence-electron chi connectivity index (χ2n) is 4.53. The molecular weight excluding hydrogens is 323 g/mol. The van der Waals surface area contributed by atoms with Crippen LogP contribution in [0.1, 0.15) is 37.0 Å². The van der Waals surface area contributed by atoms with E-state index in [9.17, 15) is 18.0 Å². The molecule has 0 aliphatic heterocycles. The first-order valence-electron chi connectivity index (χ1n) is 5.86. The van der Waals surface area contributed by atoms with Gasteiger partial charge >= 0.3 is 0 Å². The highest BCUT2D eigenvalue weighted by molar-refractivity contribution is 9.09. The molecule has 0 fully saturated rings. The maximum Gasteiger partial charge on any atom is 0.254 e. The van der Waals surface area contributed by atoms with Crippen molar-refractivity contribution in [2.75, 3.05) is 5.33 Å². The zero-order valence-corrected chi connectivity index (χ0v) is 12.3. The maximum absolute atomic E-state index is 13.5. The Morgan fingerprint density at radius 3 is 2.47 bits per heavy atom. The highest BCUT2D eigenvalue weighted by Crippen LogP contribution is 2.19. The summed E-state index contributed by atoms with van der Waals surface area (Å²) in [6.45, 7) is 3.69. The van der Waals surface area contributed by atoms with E-state index in [0.717, 1.165) is 12.1 Å². The summed E-state index contributed by atoms with van der Waals surface area (Å²) in [5.74, 6) is -5.16. The minimum absolute atomic E-state index is 0.492. The van der Waals surface area contributed by atoms with Crippen molar-refractivity contribution in [2.45, 2.75) is 32.2 Å². The highest BCUT2D eigenvalue weighted by Gasteiger charge is 2.26. The molecule has 1 rings (SSSR count). The third-order valence-electron chi connectivity index (χ3n) is 3.12. The van der Waals surface area contributed by atoms with E-state index < -0.39 is 34.5 Å². The molecule has 1 N–H and O–H groups in total. The van der Waals surface area contributed by atoms with Crippen LogP contribution in [0.4, 0.5) is 13.2 Å². The Balaban J connectivity index is 2.99. The van der Waals surface area contributed by atoms with Crippen molar-refractivity contribution in [3.63, 3.8) is 0 Å². The number of hydrogen-bond donors (Lipinski definition) is 1. The first-order chi connectivity index (χ1) is 8.84. The molecule has 6 heteroatoms. The SMILES string of the molecule is CCC(C)(CCBr)NC(=O)c1ccc(F)c(F)c1F. The Morgan fingerprint density at radius 1 is 1.32 bits per heavy atom. The van der Waals surface area contributed by atoms with Gasteiger partial charge in [-0.3, -0.25) is 4.79 Å². The third kappa shape index (κ3) is 3.72. The summed E-state index contributed by atoms with van der Waals surface area (Å²) in [6, 6.07) is 1.67. The summed E-state index contributed by atoms with van der Waals surface area (Å²) in [6.07, 6.45) is 1.27. The Hall–Kier alpha value is -1.04. The number of alkyl halides is 1. The lowest BCUT2D eigenvalue weighted by atomic mass is 9.95. The van der Waals surface area contributed by atoms with Crippen LogP contribution in [0.5, 0.6) is 0 Å². The van der Waals surface area contributed by atoms with Crippen LogP contribution in [0.2, 0.25) is 0 Å². The van der Waals surface area contributed by atoms with E-state index in [2.05, 4.69) is 21.2 Å². The van der Waals surface area contributed by atoms with Crippen LogP contribution in [0.15, 0.2) is 12.1 Å². The van der Waals surface area contributed by atoms with E-state index in [0.29, 0.717) is 18.2 Å². The molecule has 1 unspecified atom stereocenters. The maximum atomic E-state index is 13.5. The standard InChI is InChI=1S/C13H15BrF3NO/c1-3-13(2,6-7-14)18-12(19)8-4-5-9(15)11(17)10(8)16/h4-5H,3,6-7H2,1-2H3,(H,18,19). The van der Waals surface area contributed by atoms with Crippen LogP contribution in [0.3, 0.4) is 0 Å².